The Kier molecular flexibility index (Phi) is 2.94. The van der Waals surface area contributed by atoms with E-state index in [-0.39, 0.29) is 12.1 Å². The summed E-state index contributed by atoms with van der Waals surface area (Å²) < 4.78 is 25.0. The van der Waals surface area contributed by atoms with Crippen molar-refractivity contribution in [3.8, 4) is 0 Å². The van der Waals surface area contributed by atoms with Crippen LogP contribution in [0.5, 0.6) is 0 Å². The minimum atomic E-state index is -2.50. The first-order valence-corrected chi connectivity index (χ1v) is 3.58. The van der Waals surface area contributed by atoms with Gasteiger partial charge in [-0.2, -0.15) is 0 Å². The van der Waals surface area contributed by atoms with Crippen LogP contribution < -0.4 is 0 Å². The predicted molar refractivity (Wildman–Crippen MR) is 39.6 cm³/mol. The van der Waals surface area contributed by atoms with Crippen molar-refractivity contribution >= 4 is 5.97 Å². The van der Waals surface area contributed by atoms with Crippen LogP contribution in [0.15, 0.2) is 12.5 Å². The number of hydrogen-bond acceptors (Lipinski definition) is 2. The van der Waals surface area contributed by atoms with E-state index in [1.807, 2.05) is 0 Å². The zero-order valence-corrected chi connectivity index (χ0v) is 6.65. The van der Waals surface area contributed by atoms with Gasteiger partial charge >= 0.3 is 5.97 Å². The summed E-state index contributed by atoms with van der Waals surface area (Å²) in [5.74, 6) is -1.06. The Balaban J connectivity index is 2.71. The van der Waals surface area contributed by atoms with Crippen molar-refractivity contribution in [1.82, 2.24) is 9.55 Å². The highest BCUT2D eigenvalue weighted by Crippen LogP contribution is 2.04. The monoisotopic (exact) mass is 190 g/mol. The van der Waals surface area contributed by atoms with Gasteiger partial charge in [0.05, 0.1) is 19.3 Å². The summed E-state index contributed by atoms with van der Waals surface area (Å²) in [7, 11) is 0. The number of carboxylic acid groups (broad SMARTS) is 1. The lowest BCUT2D eigenvalue weighted by Gasteiger charge is -2.04. The van der Waals surface area contributed by atoms with E-state index in [0.717, 1.165) is 4.57 Å². The first-order valence-electron chi connectivity index (χ1n) is 3.58. The molecule has 1 aromatic rings. The normalized spacial score (nSPS) is 10.7. The lowest BCUT2D eigenvalue weighted by molar-refractivity contribution is -0.136. The minimum Gasteiger partial charge on any atom is -0.481 e. The fraction of sp³-hybridized carbons (Fsp3) is 0.429. The van der Waals surface area contributed by atoms with E-state index < -0.39 is 18.9 Å². The van der Waals surface area contributed by atoms with Crippen LogP contribution in [0.4, 0.5) is 8.78 Å². The lowest BCUT2D eigenvalue weighted by Crippen LogP contribution is -2.11. The molecule has 72 valence electrons. The van der Waals surface area contributed by atoms with Gasteiger partial charge in [0, 0.05) is 11.9 Å². The molecule has 0 unspecified atom stereocenters. The number of alkyl halides is 2. The summed E-state index contributed by atoms with van der Waals surface area (Å²) in [6, 6.07) is 0. The Labute approximate surface area is 72.8 Å². The molecule has 0 atom stereocenters. The van der Waals surface area contributed by atoms with Crippen LogP contribution in [-0.4, -0.2) is 27.1 Å². The summed E-state index contributed by atoms with van der Waals surface area (Å²) in [6.07, 6.45) is -0.310. The summed E-state index contributed by atoms with van der Waals surface area (Å²) in [4.78, 5) is 13.9. The average molecular weight is 190 g/mol. The topological polar surface area (TPSA) is 55.1 Å². The zero-order valence-electron chi connectivity index (χ0n) is 6.65. The van der Waals surface area contributed by atoms with E-state index >= 15 is 0 Å². The van der Waals surface area contributed by atoms with Crippen molar-refractivity contribution in [3.63, 3.8) is 0 Å². The number of halogens is 2. The maximum absolute atomic E-state index is 11.9. The van der Waals surface area contributed by atoms with E-state index in [4.69, 9.17) is 5.11 Å². The third-order valence-corrected chi connectivity index (χ3v) is 1.47. The SMILES string of the molecule is O=C(O)Cc1cncn1CC(F)F. The molecule has 0 aromatic carbocycles. The highest BCUT2D eigenvalue weighted by molar-refractivity contribution is 5.69. The fourth-order valence-corrected chi connectivity index (χ4v) is 0.963. The maximum atomic E-state index is 11.9. The summed E-state index contributed by atoms with van der Waals surface area (Å²) in [5.41, 5.74) is 0.285. The van der Waals surface area contributed by atoms with Crippen molar-refractivity contribution < 1.29 is 18.7 Å². The molecule has 0 saturated carbocycles. The molecule has 0 bridgehead atoms. The highest BCUT2D eigenvalue weighted by Gasteiger charge is 2.10. The molecule has 0 aliphatic rings. The molecule has 0 aliphatic carbocycles. The highest BCUT2D eigenvalue weighted by atomic mass is 19.3. The van der Waals surface area contributed by atoms with Crippen molar-refractivity contribution in [1.29, 1.82) is 0 Å². The van der Waals surface area contributed by atoms with Gasteiger partial charge in [-0.25, -0.2) is 13.8 Å². The Morgan fingerprint density at radius 2 is 2.38 bits per heavy atom. The van der Waals surface area contributed by atoms with Gasteiger partial charge < -0.3 is 9.67 Å². The van der Waals surface area contributed by atoms with Gasteiger partial charge in [-0.15, -0.1) is 0 Å². The quantitative estimate of drug-likeness (QED) is 0.763. The van der Waals surface area contributed by atoms with Crippen LogP contribution >= 0.6 is 0 Å². The molecule has 0 amide bonds. The van der Waals surface area contributed by atoms with Gasteiger partial charge in [0.2, 0.25) is 0 Å². The van der Waals surface area contributed by atoms with Gasteiger partial charge in [0.25, 0.3) is 6.43 Å². The van der Waals surface area contributed by atoms with Crippen molar-refractivity contribution in [2.75, 3.05) is 0 Å². The number of aromatic nitrogens is 2. The Bertz CT molecular complexity index is 298. The average Bonchev–Trinajstić information content (AvgIpc) is 2.34. The van der Waals surface area contributed by atoms with Crippen LogP contribution in [0.1, 0.15) is 5.69 Å². The maximum Gasteiger partial charge on any atom is 0.309 e. The van der Waals surface area contributed by atoms with Crippen molar-refractivity contribution in [2.45, 2.75) is 19.4 Å². The summed E-state index contributed by atoms with van der Waals surface area (Å²) in [6.45, 7) is -0.511. The van der Waals surface area contributed by atoms with E-state index in [1.54, 1.807) is 0 Å². The second-order valence-corrected chi connectivity index (χ2v) is 2.50. The van der Waals surface area contributed by atoms with E-state index in [2.05, 4.69) is 4.98 Å². The molecule has 6 heteroatoms. The number of carboxylic acids is 1. The van der Waals surface area contributed by atoms with Gasteiger partial charge in [-0.3, -0.25) is 4.79 Å². The number of carbonyl (C=O) groups is 1. The first kappa shape index (κ1) is 9.63. The van der Waals surface area contributed by atoms with Gasteiger partial charge in [0.1, 0.15) is 0 Å². The standard InChI is InChI=1S/C7H8F2N2O2/c8-6(9)3-11-4-10-2-5(11)1-7(12)13/h2,4,6H,1,3H2,(H,12,13). The lowest BCUT2D eigenvalue weighted by atomic mass is 10.3. The molecule has 4 nitrogen and oxygen atoms in total. The molecule has 13 heavy (non-hydrogen) atoms. The second kappa shape index (κ2) is 3.97. The Morgan fingerprint density at radius 1 is 1.69 bits per heavy atom. The molecule has 0 fully saturated rings. The number of aliphatic carboxylic acids is 1. The minimum absolute atomic E-state index is 0.285. The van der Waals surface area contributed by atoms with E-state index in [0.29, 0.717) is 0 Å². The van der Waals surface area contributed by atoms with Crippen LogP contribution in [0.3, 0.4) is 0 Å². The first-order chi connectivity index (χ1) is 6.09. The van der Waals surface area contributed by atoms with Crippen LogP contribution in [0, 0.1) is 0 Å². The van der Waals surface area contributed by atoms with Crippen LogP contribution in [0.25, 0.3) is 0 Å². The van der Waals surface area contributed by atoms with Crippen molar-refractivity contribution in [2.24, 2.45) is 0 Å². The molecule has 1 rings (SSSR count). The molecule has 1 N–H and O–H groups in total. The van der Waals surface area contributed by atoms with Crippen LogP contribution in [-0.2, 0) is 17.8 Å². The molecular weight excluding hydrogens is 182 g/mol. The molecular formula is C7H8F2N2O2. The number of nitrogens with zero attached hydrogens (tertiary/aromatic N) is 2. The molecule has 0 radical (unpaired) electrons. The Morgan fingerprint density at radius 3 is 2.92 bits per heavy atom. The van der Waals surface area contributed by atoms with Crippen molar-refractivity contribution in [3.05, 3.63) is 18.2 Å². The molecule has 0 aliphatic heterocycles. The Hall–Kier alpha value is -1.46. The third-order valence-electron chi connectivity index (χ3n) is 1.47. The van der Waals surface area contributed by atoms with E-state index in [9.17, 15) is 13.6 Å². The molecule has 0 saturated heterocycles. The largest absolute Gasteiger partial charge is 0.481 e. The van der Waals surface area contributed by atoms with Gasteiger partial charge in [0.15, 0.2) is 0 Å². The third kappa shape index (κ3) is 2.81. The second-order valence-electron chi connectivity index (χ2n) is 2.50. The number of hydrogen-bond donors (Lipinski definition) is 1. The zero-order chi connectivity index (χ0) is 9.84. The summed E-state index contributed by atoms with van der Waals surface area (Å²) in [5, 5.41) is 8.42. The predicted octanol–water partition coefficient (Wildman–Crippen LogP) is 0.775. The van der Waals surface area contributed by atoms with Crippen LogP contribution in [0.2, 0.25) is 0 Å². The fourth-order valence-electron chi connectivity index (χ4n) is 0.963. The molecule has 0 spiro atoms. The molecule has 1 heterocycles. The molecule has 1 aromatic heterocycles. The van der Waals surface area contributed by atoms with E-state index in [1.165, 1.54) is 12.5 Å². The van der Waals surface area contributed by atoms with Gasteiger partial charge in [-0.1, -0.05) is 0 Å². The smallest absolute Gasteiger partial charge is 0.309 e. The summed E-state index contributed by atoms with van der Waals surface area (Å²) >= 11 is 0. The number of imidazole rings is 1. The van der Waals surface area contributed by atoms with Gasteiger partial charge in [-0.05, 0) is 0 Å². The number of rotatable bonds is 4.